The third-order valence-electron chi connectivity index (χ3n) is 7.78. The van der Waals surface area contributed by atoms with Crippen LogP contribution in [0.5, 0.6) is 0 Å². The van der Waals surface area contributed by atoms with E-state index in [1.807, 2.05) is 0 Å². The Morgan fingerprint density at radius 2 is 1.12 bits per heavy atom. The molecule has 0 saturated heterocycles. The van der Waals surface area contributed by atoms with Crippen LogP contribution in [-0.4, -0.2) is 29.9 Å². The molecular weight excluding hydrogens is 516 g/mol. The Labute approximate surface area is 248 Å². The standard InChI is InChI=1S/C35H54O4S/c1-3-5-7-9-11-13-15-17-19-21-25-39-35(38)29-23-24-30-31(27-29)34(37)32(33(30)36)28-40-26-22-20-18-16-14-12-10-8-6-4-2/h23-24,27-28H,3-22,25-26H2,1-2H3/b32-28+. The van der Waals surface area contributed by atoms with Crippen LogP contribution in [0.2, 0.25) is 0 Å². The molecular formula is C35H54O4S. The number of thioether (sulfide) groups is 1. The lowest BCUT2D eigenvalue weighted by Crippen LogP contribution is -2.08. The van der Waals surface area contributed by atoms with Gasteiger partial charge >= 0.3 is 5.97 Å². The first-order chi connectivity index (χ1) is 19.6. The van der Waals surface area contributed by atoms with Crippen LogP contribution >= 0.6 is 11.8 Å². The summed E-state index contributed by atoms with van der Waals surface area (Å²) in [6, 6.07) is 4.73. The summed E-state index contributed by atoms with van der Waals surface area (Å²) in [6.45, 7) is 4.88. The number of esters is 1. The predicted octanol–water partition coefficient (Wildman–Crippen LogP) is 10.7. The Bertz CT molecular complexity index is 920. The highest BCUT2D eigenvalue weighted by atomic mass is 32.2. The van der Waals surface area contributed by atoms with Crippen LogP contribution in [-0.2, 0) is 4.74 Å². The first kappa shape index (κ1) is 34.3. The fourth-order valence-corrected chi connectivity index (χ4v) is 6.08. The molecule has 1 aliphatic rings. The number of carbonyl (C=O) groups is 3. The molecule has 0 atom stereocenters. The summed E-state index contributed by atoms with van der Waals surface area (Å²) >= 11 is 1.55. The molecule has 1 aliphatic carbocycles. The summed E-state index contributed by atoms with van der Waals surface area (Å²) in [5.41, 5.74) is 1.28. The van der Waals surface area contributed by atoms with Crippen molar-refractivity contribution in [3.63, 3.8) is 0 Å². The number of hydrogen-bond acceptors (Lipinski definition) is 5. The second kappa shape index (κ2) is 21.8. The lowest BCUT2D eigenvalue weighted by atomic mass is 10.1. The molecule has 0 amide bonds. The topological polar surface area (TPSA) is 60.4 Å². The smallest absolute Gasteiger partial charge is 0.338 e. The largest absolute Gasteiger partial charge is 0.462 e. The van der Waals surface area contributed by atoms with Crippen molar-refractivity contribution in [2.24, 2.45) is 0 Å². The van der Waals surface area contributed by atoms with Crippen molar-refractivity contribution in [2.45, 2.75) is 142 Å². The van der Waals surface area contributed by atoms with E-state index >= 15 is 0 Å². The number of ether oxygens (including phenoxy) is 1. The van der Waals surface area contributed by atoms with Crippen LogP contribution in [0.4, 0.5) is 0 Å². The van der Waals surface area contributed by atoms with Crippen LogP contribution in [0.1, 0.15) is 173 Å². The van der Waals surface area contributed by atoms with Gasteiger partial charge in [0.2, 0.25) is 0 Å². The molecule has 0 N–H and O–H groups in total. The maximum atomic E-state index is 12.9. The van der Waals surface area contributed by atoms with Gasteiger partial charge in [0.15, 0.2) is 11.6 Å². The van der Waals surface area contributed by atoms with Crippen molar-refractivity contribution in [1.29, 1.82) is 0 Å². The average Bonchev–Trinajstić information content (AvgIpc) is 3.20. The first-order valence-electron chi connectivity index (χ1n) is 16.3. The third-order valence-corrected chi connectivity index (χ3v) is 8.71. The van der Waals surface area contributed by atoms with E-state index in [2.05, 4.69) is 13.8 Å². The van der Waals surface area contributed by atoms with Crippen LogP contribution in [0.25, 0.3) is 0 Å². The van der Waals surface area contributed by atoms with Crippen LogP contribution in [0.15, 0.2) is 29.2 Å². The highest BCUT2D eigenvalue weighted by Crippen LogP contribution is 2.29. The number of unbranched alkanes of at least 4 members (excludes halogenated alkanes) is 18. The minimum absolute atomic E-state index is 0.225. The van der Waals surface area contributed by atoms with E-state index in [9.17, 15) is 14.4 Å². The van der Waals surface area contributed by atoms with Gasteiger partial charge in [-0.05, 0) is 42.2 Å². The Balaban J connectivity index is 1.63. The average molecular weight is 571 g/mol. The monoisotopic (exact) mass is 570 g/mol. The minimum Gasteiger partial charge on any atom is -0.462 e. The third kappa shape index (κ3) is 13.2. The fraction of sp³-hybridized carbons (Fsp3) is 0.686. The molecule has 0 aromatic heterocycles. The van der Waals surface area contributed by atoms with E-state index in [0.29, 0.717) is 23.3 Å². The molecule has 2 rings (SSSR count). The molecule has 0 radical (unpaired) electrons. The zero-order chi connectivity index (χ0) is 28.8. The number of fused-ring (bicyclic) bond motifs is 1. The normalized spacial score (nSPS) is 13.8. The maximum Gasteiger partial charge on any atom is 0.338 e. The molecule has 0 heterocycles. The van der Waals surface area contributed by atoms with Gasteiger partial charge in [-0.1, -0.05) is 129 Å². The van der Waals surface area contributed by atoms with Gasteiger partial charge in [-0.25, -0.2) is 4.79 Å². The molecule has 224 valence electrons. The van der Waals surface area contributed by atoms with Crippen molar-refractivity contribution in [1.82, 2.24) is 0 Å². The van der Waals surface area contributed by atoms with Gasteiger partial charge in [-0.15, -0.1) is 11.8 Å². The van der Waals surface area contributed by atoms with Crippen molar-refractivity contribution in [2.75, 3.05) is 12.4 Å². The summed E-state index contributed by atoms with van der Waals surface area (Å²) in [4.78, 5) is 38.2. The molecule has 40 heavy (non-hydrogen) atoms. The number of rotatable bonds is 24. The van der Waals surface area contributed by atoms with Gasteiger partial charge in [0, 0.05) is 11.1 Å². The minimum atomic E-state index is -0.424. The summed E-state index contributed by atoms with van der Waals surface area (Å²) in [7, 11) is 0. The molecule has 1 aromatic carbocycles. The fourth-order valence-electron chi connectivity index (χ4n) is 5.21. The number of Topliss-reactive ketones (excluding diaryl/α,β-unsaturated/α-hetero) is 2. The summed E-state index contributed by atoms with van der Waals surface area (Å²) in [6.07, 6.45) is 25.2. The van der Waals surface area contributed by atoms with Crippen molar-refractivity contribution >= 4 is 29.3 Å². The molecule has 0 aliphatic heterocycles. The number of allylic oxidation sites excluding steroid dienone is 1. The van der Waals surface area contributed by atoms with E-state index in [1.54, 1.807) is 29.3 Å². The second-order valence-electron chi connectivity index (χ2n) is 11.3. The van der Waals surface area contributed by atoms with E-state index in [-0.39, 0.29) is 17.1 Å². The number of benzene rings is 1. The highest BCUT2D eigenvalue weighted by Gasteiger charge is 2.33. The van der Waals surface area contributed by atoms with E-state index in [0.717, 1.165) is 25.0 Å². The van der Waals surface area contributed by atoms with Gasteiger partial charge in [-0.3, -0.25) is 9.59 Å². The van der Waals surface area contributed by atoms with Crippen molar-refractivity contribution in [3.8, 4) is 0 Å². The molecule has 4 nitrogen and oxygen atoms in total. The van der Waals surface area contributed by atoms with E-state index < -0.39 is 5.97 Å². The first-order valence-corrected chi connectivity index (χ1v) is 17.4. The Morgan fingerprint density at radius 3 is 1.68 bits per heavy atom. The number of carbonyl (C=O) groups excluding carboxylic acids is 3. The number of ketones is 2. The molecule has 0 saturated carbocycles. The summed E-state index contributed by atoms with van der Waals surface area (Å²) in [5, 5.41) is 1.72. The zero-order valence-corrected chi connectivity index (χ0v) is 26.2. The maximum absolute atomic E-state index is 12.9. The van der Waals surface area contributed by atoms with Gasteiger partial charge < -0.3 is 4.74 Å². The molecule has 0 bridgehead atoms. The lowest BCUT2D eigenvalue weighted by molar-refractivity contribution is 0.0497. The van der Waals surface area contributed by atoms with Gasteiger partial charge in [-0.2, -0.15) is 0 Å². The van der Waals surface area contributed by atoms with Crippen LogP contribution < -0.4 is 0 Å². The molecule has 0 spiro atoms. The van der Waals surface area contributed by atoms with Gasteiger partial charge in [0.05, 0.1) is 17.7 Å². The molecule has 0 unspecified atom stereocenters. The van der Waals surface area contributed by atoms with E-state index in [1.165, 1.54) is 115 Å². The van der Waals surface area contributed by atoms with Crippen LogP contribution in [0, 0.1) is 0 Å². The van der Waals surface area contributed by atoms with Crippen molar-refractivity contribution < 1.29 is 19.1 Å². The molecule has 0 fully saturated rings. The predicted molar refractivity (Wildman–Crippen MR) is 170 cm³/mol. The van der Waals surface area contributed by atoms with Gasteiger partial charge in [0.25, 0.3) is 0 Å². The summed E-state index contributed by atoms with van der Waals surface area (Å²) in [5.74, 6) is -0.0273. The second-order valence-corrected chi connectivity index (χ2v) is 12.3. The Hall–Kier alpha value is -1.88. The highest BCUT2D eigenvalue weighted by molar-refractivity contribution is 8.02. The SMILES string of the molecule is CCCCCCCCCCCCOC(=O)c1ccc2c(c1)C(=O)/C(=C/SCCCCCCCCCCCC)C2=O. The summed E-state index contributed by atoms with van der Waals surface area (Å²) < 4.78 is 5.44. The molecule has 5 heteroatoms. The Morgan fingerprint density at radius 1 is 0.650 bits per heavy atom. The quantitative estimate of drug-likeness (QED) is 0.0535. The van der Waals surface area contributed by atoms with Crippen molar-refractivity contribution in [3.05, 3.63) is 45.9 Å². The lowest BCUT2D eigenvalue weighted by Gasteiger charge is -2.06. The molecule has 1 aromatic rings. The Kier molecular flexibility index (Phi) is 18.7. The number of hydrogen-bond donors (Lipinski definition) is 0. The van der Waals surface area contributed by atoms with Crippen LogP contribution in [0.3, 0.4) is 0 Å². The van der Waals surface area contributed by atoms with Gasteiger partial charge in [0.1, 0.15) is 0 Å². The zero-order valence-electron chi connectivity index (χ0n) is 25.4. The van der Waals surface area contributed by atoms with E-state index in [4.69, 9.17) is 4.74 Å².